The molecule has 0 N–H and O–H groups in total. The molecule has 1 atom stereocenters. The van der Waals surface area contributed by atoms with Crippen LogP contribution in [0.5, 0.6) is 0 Å². The number of aromatic nitrogens is 2. The second-order valence-corrected chi connectivity index (χ2v) is 9.95. The van der Waals surface area contributed by atoms with Crippen molar-refractivity contribution in [3.8, 4) is 0 Å². The molecule has 8 nitrogen and oxygen atoms in total. The molecular formula is C21H26N4O4S. The number of carbonyl (C=O) groups is 1. The van der Waals surface area contributed by atoms with Gasteiger partial charge in [0.1, 0.15) is 6.61 Å². The summed E-state index contributed by atoms with van der Waals surface area (Å²) in [5.41, 5.74) is 1.99. The third-order valence-electron chi connectivity index (χ3n) is 5.75. The lowest BCUT2D eigenvalue weighted by atomic mass is 9.93. The summed E-state index contributed by atoms with van der Waals surface area (Å²) in [6.07, 6.45) is 7.27. The summed E-state index contributed by atoms with van der Waals surface area (Å²) >= 11 is 0. The van der Waals surface area contributed by atoms with Crippen molar-refractivity contribution < 1.29 is 17.9 Å². The van der Waals surface area contributed by atoms with Gasteiger partial charge in [0.2, 0.25) is 10.0 Å². The number of hydrogen-bond acceptors (Lipinski definition) is 6. The number of amides is 1. The van der Waals surface area contributed by atoms with E-state index < -0.39 is 16.1 Å². The summed E-state index contributed by atoms with van der Waals surface area (Å²) in [6.45, 7) is 1.43. The van der Waals surface area contributed by atoms with Crippen molar-refractivity contribution in [1.82, 2.24) is 14.3 Å². The van der Waals surface area contributed by atoms with E-state index in [4.69, 9.17) is 4.74 Å². The largest absolute Gasteiger partial charge is 0.447 e. The van der Waals surface area contributed by atoms with Gasteiger partial charge < -0.3 is 4.74 Å². The van der Waals surface area contributed by atoms with E-state index in [1.165, 1.54) is 10.6 Å². The van der Waals surface area contributed by atoms with E-state index in [1.54, 1.807) is 17.3 Å². The second-order valence-electron chi connectivity index (χ2n) is 7.97. The van der Waals surface area contributed by atoms with E-state index in [2.05, 4.69) is 9.97 Å². The minimum absolute atomic E-state index is 0.111. The normalized spacial score (nSPS) is 21.0. The molecule has 2 aromatic rings. The van der Waals surface area contributed by atoms with E-state index in [0.717, 1.165) is 30.5 Å². The first kappa shape index (κ1) is 20.7. The summed E-state index contributed by atoms with van der Waals surface area (Å²) in [5.74, 6) is 0.875. The molecule has 4 rings (SSSR count). The second kappa shape index (κ2) is 8.69. The quantitative estimate of drug-likeness (QED) is 0.698. The first-order chi connectivity index (χ1) is 14.4. The molecule has 9 heteroatoms. The number of sulfonamides is 1. The fraction of sp³-hybridized carbons (Fsp3) is 0.476. The molecule has 2 aliphatic rings. The lowest BCUT2D eigenvalue weighted by Gasteiger charge is -2.30. The van der Waals surface area contributed by atoms with Crippen LogP contribution in [0.4, 0.5) is 10.6 Å². The summed E-state index contributed by atoms with van der Waals surface area (Å²) in [7, 11) is -3.11. The fourth-order valence-electron chi connectivity index (χ4n) is 4.10. The van der Waals surface area contributed by atoms with Crippen molar-refractivity contribution in [1.29, 1.82) is 0 Å². The Morgan fingerprint density at radius 3 is 2.43 bits per heavy atom. The third kappa shape index (κ3) is 4.79. The van der Waals surface area contributed by atoms with Crippen LogP contribution in [0.1, 0.15) is 24.1 Å². The standard InChI is InChI=1S/C21H26N4O4S/c1-30(27,28)24-9-7-17(8-10-24)11-18-13-23-20(14-22-18)25-19(15-29-21(25)26)12-16-5-3-2-4-6-16/h2-6,13-14,17,19H,7-12,15H2,1H3. The smallest absolute Gasteiger partial charge is 0.415 e. The number of piperidine rings is 1. The molecule has 30 heavy (non-hydrogen) atoms. The molecule has 0 spiro atoms. The fourth-order valence-corrected chi connectivity index (χ4v) is 4.97. The van der Waals surface area contributed by atoms with Crippen LogP contribution < -0.4 is 4.90 Å². The van der Waals surface area contributed by atoms with Gasteiger partial charge in [0, 0.05) is 13.1 Å². The molecule has 2 aliphatic heterocycles. The van der Waals surface area contributed by atoms with Crippen molar-refractivity contribution in [3.05, 3.63) is 54.0 Å². The summed E-state index contributed by atoms with van der Waals surface area (Å²) in [5, 5.41) is 0. The van der Waals surface area contributed by atoms with Crippen LogP contribution in [0.15, 0.2) is 42.7 Å². The van der Waals surface area contributed by atoms with Crippen LogP contribution >= 0.6 is 0 Å². The summed E-state index contributed by atoms with van der Waals surface area (Å²) in [6, 6.07) is 9.88. The number of ether oxygens (including phenoxy) is 1. The minimum Gasteiger partial charge on any atom is -0.447 e. The SMILES string of the molecule is CS(=O)(=O)N1CCC(Cc2cnc(N3C(=O)OCC3Cc3ccccc3)cn2)CC1. The number of rotatable bonds is 6. The molecule has 3 heterocycles. The zero-order chi connectivity index (χ0) is 21.1. The molecule has 1 aromatic carbocycles. The highest BCUT2D eigenvalue weighted by atomic mass is 32.2. The average Bonchev–Trinajstić information content (AvgIpc) is 3.09. The van der Waals surface area contributed by atoms with Gasteiger partial charge in [0.25, 0.3) is 0 Å². The molecule has 2 saturated heterocycles. The zero-order valence-corrected chi connectivity index (χ0v) is 17.8. The summed E-state index contributed by atoms with van der Waals surface area (Å²) in [4.78, 5) is 22.8. The Morgan fingerprint density at radius 2 is 1.80 bits per heavy atom. The lowest BCUT2D eigenvalue weighted by molar-refractivity contribution is 0.178. The first-order valence-corrected chi connectivity index (χ1v) is 12.0. The number of nitrogens with zero attached hydrogens (tertiary/aromatic N) is 4. The molecule has 2 fully saturated rings. The van der Waals surface area contributed by atoms with Crippen LogP contribution in [0.3, 0.4) is 0 Å². The van der Waals surface area contributed by atoms with E-state index >= 15 is 0 Å². The molecule has 0 radical (unpaired) electrons. The maximum Gasteiger partial charge on any atom is 0.415 e. The van der Waals surface area contributed by atoms with Crippen LogP contribution in [0.2, 0.25) is 0 Å². The lowest BCUT2D eigenvalue weighted by Crippen LogP contribution is -2.38. The van der Waals surface area contributed by atoms with Gasteiger partial charge in [-0.2, -0.15) is 0 Å². The van der Waals surface area contributed by atoms with Crippen molar-refractivity contribution in [2.45, 2.75) is 31.7 Å². The Hall–Kier alpha value is -2.52. The number of cyclic esters (lactones) is 1. The number of carbonyl (C=O) groups excluding carboxylic acids is 1. The van der Waals surface area contributed by atoms with Gasteiger partial charge in [-0.25, -0.2) is 22.5 Å². The number of hydrogen-bond donors (Lipinski definition) is 0. The van der Waals surface area contributed by atoms with Crippen molar-refractivity contribution in [3.63, 3.8) is 0 Å². The highest BCUT2D eigenvalue weighted by molar-refractivity contribution is 7.88. The van der Waals surface area contributed by atoms with Crippen LogP contribution in [-0.4, -0.2) is 60.8 Å². The molecule has 1 unspecified atom stereocenters. The van der Waals surface area contributed by atoms with E-state index in [-0.39, 0.29) is 6.04 Å². The Labute approximate surface area is 176 Å². The highest BCUT2D eigenvalue weighted by Crippen LogP contribution is 2.25. The van der Waals surface area contributed by atoms with E-state index in [1.807, 2.05) is 30.3 Å². The topological polar surface area (TPSA) is 92.7 Å². The molecular weight excluding hydrogens is 404 g/mol. The zero-order valence-electron chi connectivity index (χ0n) is 17.0. The van der Waals surface area contributed by atoms with Gasteiger partial charge in [-0.05, 0) is 37.2 Å². The Morgan fingerprint density at radius 1 is 1.07 bits per heavy atom. The molecule has 0 bridgehead atoms. The first-order valence-electron chi connectivity index (χ1n) is 10.2. The minimum atomic E-state index is -3.11. The van der Waals surface area contributed by atoms with E-state index in [9.17, 15) is 13.2 Å². The molecule has 0 aliphatic carbocycles. The van der Waals surface area contributed by atoms with Gasteiger partial charge in [-0.3, -0.25) is 9.88 Å². The maximum atomic E-state index is 12.3. The van der Waals surface area contributed by atoms with Crippen LogP contribution in [-0.2, 0) is 27.6 Å². The maximum absolute atomic E-state index is 12.3. The Bertz CT molecular complexity index is 974. The van der Waals surface area contributed by atoms with Gasteiger partial charge >= 0.3 is 6.09 Å². The molecule has 1 aromatic heterocycles. The van der Waals surface area contributed by atoms with Gasteiger partial charge in [0.05, 0.1) is 30.4 Å². The van der Waals surface area contributed by atoms with Crippen molar-refractivity contribution in [2.75, 3.05) is 30.9 Å². The van der Waals surface area contributed by atoms with Crippen molar-refractivity contribution in [2.24, 2.45) is 5.92 Å². The Kier molecular flexibility index (Phi) is 6.01. The molecule has 0 saturated carbocycles. The number of anilines is 1. The molecule has 160 valence electrons. The van der Waals surface area contributed by atoms with E-state index in [0.29, 0.717) is 37.9 Å². The van der Waals surface area contributed by atoms with Gasteiger partial charge in [0.15, 0.2) is 5.82 Å². The monoisotopic (exact) mass is 430 g/mol. The van der Waals surface area contributed by atoms with Gasteiger partial charge in [-0.15, -0.1) is 0 Å². The third-order valence-corrected chi connectivity index (χ3v) is 7.06. The average molecular weight is 431 g/mol. The van der Waals surface area contributed by atoms with Crippen LogP contribution in [0, 0.1) is 5.92 Å². The van der Waals surface area contributed by atoms with Gasteiger partial charge in [-0.1, -0.05) is 30.3 Å². The van der Waals surface area contributed by atoms with Crippen molar-refractivity contribution >= 4 is 21.9 Å². The predicted molar refractivity (Wildman–Crippen MR) is 113 cm³/mol. The number of benzene rings is 1. The summed E-state index contributed by atoms with van der Waals surface area (Å²) < 4.78 is 30.1. The van der Waals surface area contributed by atoms with Crippen LogP contribution in [0.25, 0.3) is 0 Å². The highest BCUT2D eigenvalue weighted by Gasteiger charge is 2.35. The molecule has 1 amide bonds. The predicted octanol–water partition coefficient (Wildman–Crippen LogP) is 2.26. The Balaban J connectivity index is 1.38.